The molecule has 0 atom stereocenters. The molecule has 0 N–H and O–H groups in total. The van der Waals surface area contributed by atoms with Crippen LogP contribution in [-0.2, 0) is 11.2 Å². The first-order valence-electron chi connectivity index (χ1n) is 8.29. The number of amides is 1. The summed E-state index contributed by atoms with van der Waals surface area (Å²) in [4.78, 5) is 14.2. The summed E-state index contributed by atoms with van der Waals surface area (Å²) >= 11 is 0. The van der Waals surface area contributed by atoms with E-state index in [0.29, 0.717) is 24.6 Å². The monoisotopic (exact) mass is 313 g/mol. The van der Waals surface area contributed by atoms with Crippen LogP contribution < -0.4 is 0 Å². The normalized spacial score (nSPS) is 15.8. The highest BCUT2D eigenvalue weighted by molar-refractivity contribution is 5.76. The summed E-state index contributed by atoms with van der Waals surface area (Å²) in [5.74, 6) is 1.96. The van der Waals surface area contributed by atoms with Gasteiger partial charge in [-0.1, -0.05) is 24.6 Å². The number of benzene rings is 1. The number of aromatic nitrogens is 2. The number of likely N-dealkylation sites (tertiary alicyclic amines) is 1. The number of hydrogen-bond acceptors (Lipinski definition) is 4. The number of nitrogens with zero attached hydrogens (tertiary/aromatic N) is 3. The molecule has 5 heteroatoms. The van der Waals surface area contributed by atoms with Crippen LogP contribution in [0.1, 0.15) is 37.6 Å². The molecule has 1 fully saturated rings. The molecule has 23 heavy (non-hydrogen) atoms. The summed E-state index contributed by atoms with van der Waals surface area (Å²) in [6, 6.07) is 7.96. The summed E-state index contributed by atoms with van der Waals surface area (Å²) in [5.41, 5.74) is 2.10. The van der Waals surface area contributed by atoms with E-state index in [1.165, 1.54) is 5.56 Å². The molecule has 2 heterocycles. The summed E-state index contributed by atoms with van der Waals surface area (Å²) < 4.78 is 5.67. The lowest BCUT2D eigenvalue weighted by molar-refractivity contribution is -0.132. The van der Waals surface area contributed by atoms with E-state index in [2.05, 4.69) is 17.1 Å². The van der Waals surface area contributed by atoms with Gasteiger partial charge in [0.25, 0.3) is 0 Å². The van der Waals surface area contributed by atoms with Crippen LogP contribution in [0.15, 0.2) is 28.7 Å². The molecule has 1 aliphatic heterocycles. The second-order valence-corrected chi connectivity index (χ2v) is 6.43. The smallest absolute Gasteiger partial charge is 0.247 e. The zero-order valence-corrected chi connectivity index (χ0v) is 13.8. The molecule has 1 aromatic heterocycles. The number of piperidine rings is 1. The Morgan fingerprint density at radius 1 is 1.22 bits per heavy atom. The van der Waals surface area contributed by atoms with Gasteiger partial charge in [0.1, 0.15) is 0 Å². The van der Waals surface area contributed by atoms with E-state index in [4.69, 9.17) is 4.42 Å². The molecule has 1 aromatic carbocycles. The van der Waals surface area contributed by atoms with Gasteiger partial charge in [0, 0.05) is 31.5 Å². The van der Waals surface area contributed by atoms with Crippen LogP contribution in [0.3, 0.4) is 0 Å². The van der Waals surface area contributed by atoms with E-state index in [0.717, 1.165) is 37.4 Å². The van der Waals surface area contributed by atoms with Gasteiger partial charge >= 0.3 is 0 Å². The van der Waals surface area contributed by atoms with E-state index in [1.807, 2.05) is 36.1 Å². The van der Waals surface area contributed by atoms with Crippen molar-refractivity contribution in [1.29, 1.82) is 0 Å². The lowest BCUT2D eigenvalue weighted by Gasteiger charge is -2.30. The van der Waals surface area contributed by atoms with Gasteiger partial charge in [0.2, 0.25) is 17.7 Å². The van der Waals surface area contributed by atoms with Gasteiger partial charge < -0.3 is 9.32 Å². The summed E-state index contributed by atoms with van der Waals surface area (Å²) in [6.07, 6.45) is 3.14. The Labute approximate surface area is 136 Å². The van der Waals surface area contributed by atoms with Crippen LogP contribution in [0.25, 0.3) is 11.5 Å². The molecule has 0 bridgehead atoms. The van der Waals surface area contributed by atoms with Crippen molar-refractivity contribution in [3.8, 4) is 11.5 Å². The Morgan fingerprint density at radius 2 is 1.91 bits per heavy atom. The average molecular weight is 313 g/mol. The highest BCUT2D eigenvalue weighted by Gasteiger charge is 2.20. The number of aryl methyl sites for hydroxylation is 2. The third kappa shape index (κ3) is 3.97. The molecule has 0 unspecified atom stereocenters. The van der Waals surface area contributed by atoms with Gasteiger partial charge in [-0.2, -0.15) is 0 Å². The van der Waals surface area contributed by atoms with Crippen molar-refractivity contribution in [2.45, 2.75) is 39.5 Å². The van der Waals surface area contributed by atoms with Gasteiger partial charge in [-0.25, -0.2) is 0 Å². The zero-order valence-electron chi connectivity index (χ0n) is 13.8. The Bertz CT molecular complexity index is 655. The molecule has 1 aliphatic rings. The molecular weight excluding hydrogens is 290 g/mol. The van der Waals surface area contributed by atoms with Crippen molar-refractivity contribution in [2.75, 3.05) is 13.1 Å². The number of rotatable bonds is 4. The largest absolute Gasteiger partial charge is 0.421 e. The SMILES string of the molecule is Cc1ccc(-c2nnc(CCC(=O)N3CCC(C)CC3)o2)cc1. The predicted molar refractivity (Wildman–Crippen MR) is 87.8 cm³/mol. The second kappa shape index (κ2) is 6.94. The van der Waals surface area contributed by atoms with E-state index in [9.17, 15) is 4.79 Å². The van der Waals surface area contributed by atoms with E-state index in [1.54, 1.807) is 0 Å². The zero-order chi connectivity index (χ0) is 16.2. The van der Waals surface area contributed by atoms with Gasteiger partial charge in [-0.3, -0.25) is 4.79 Å². The summed E-state index contributed by atoms with van der Waals surface area (Å²) in [5, 5.41) is 8.13. The van der Waals surface area contributed by atoms with Crippen molar-refractivity contribution in [1.82, 2.24) is 15.1 Å². The maximum atomic E-state index is 12.2. The molecule has 1 saturated heterocycles. The number of carbonyl (C=O) groups excluding carboxylic acids is 1. The molecule has 0 spiro atoms. The van der Waals surface area contributed by atoms with Crippen LogP contribution in [0.2, 0.25) is 0 Å². The predicted octanol–water partition coefficient (Wildman–Crippen LogP) is 3.24. The molecule has 0 aliphatic carbocycles. The molecule has 0 saturated carbocycles. The minimum Gasteiger partial charge on any atom is -0.421 e. The quantitative estimate of drug-likeness (QED) is 0.869. The fraction of sp³-hybridized carbons (Fsp3) is 0.500. The molecule has 3 rings (SSSR count). The summed E-state index contributed by atoms with van der Waals surface area (Å²) in [7, 11) is 0. The van der Waals surface area contributed by atoms with Crippen LogP contribution in [0.5, 0.6) is 0 Å². The van der Waals surface area contributed by atoms with Gasteiger partial charge in [0.05, 0.1) is 0 Å². The first-order valence-corrected chi connectivity index (χ1v) is 8.29. The first kappa shape index (κ1) is 15.7. The van der Waals surface area contributed by atoms with E-state index in [-0.39, 0.29) is 5.91 Å². The average Bonchev–Trinajstić information content (AvgIpc) is 3.03. The summed E-state index contributed by atoms with van der Waals surface area (Å²) in [6.45, 7) is 6.03. The molecule has 1 amide bonds. The Morgan fingerprint density at radius 3 is 2.61 bits per heavy atom. The van der Waals surface area contributed by atoms with Crippen molar-refractivity contribution in [3.63, 3.8) is 0 Å². The molecule has 122 valence electrons. The minimum absolute atomic E-state index is 0.187. The first-order chi connectivity index (χ1) is 11.1. The minimum atomic E-state index is 0.187. The van der Waals surface area contributed by atoms with E-state index < -0.39 is 0 Å². The third-order valence-corrected chi connectivity index (χ3v) is 4.45. The maximum absolute atomic E-state index is 12.2. The molecule has 5 nitrogen and oxygen atoms in total. The fourth-order valence-corrected chi connectivity index (χ4v) is 2.80. The molecule has 2 aromatic rings. The molecule has 0 radical (unpaired) electrons. The maximum Gasteiger partial charge on any atom is 0.247 e. The lowest BCUT2D eigenvalue weighted by atomic mass is 9.99. The highest BCUT2D eigenvalue weighted by atomic mass is 16.4. The van der Waals surface area contributed by atoms with Gasteiger partial charge in [-0.05, 0) is 37.8 Å². The Hall–Kier alpha value is -2.17. The van der Waals surface area contributed by atoms with Crippen molar-refractivity contribution in [3.05, 3.63) is 35.7 Å². The highest BCUT2D eigenvalue weighted by Crippen LogP contribution is 2.20. The van der Waals surface area contributed by atoms with Crippen LogP contribution in [-0.4, -0.2) is 34.1 Å². The lowest BCUT2D eigenvalue weighted by Crippen LogP contribution is -2.38. The third-order valence-electron chi connectivity index (χ3n) is 4.45. The van der Waals surface area contributed by atoms with Gasteiger partial charge in [-0.15, -0.1) is 10.2 Å². The molecular formula is C18H23N3O2. The van der Waals surface area contributed by atoms with Crippen molar-refractivity contribution in [2.24, 2.45) is 5.92 Å². The number of hydrogen-bond donors (Lipinski definition) is 0. The standard InChI is InChI=1S/C18H23N3O2/c1-13-3-5-15(6-4-13)18-20-19-16(23-18)7-8-17(22)21-11-9-14(2)10-12-21/h3-6,14H,7-12H2,1-2H3. The second-order valence-electron chi connectivity index (χ2n) is 6.43. The van der Waals surface area contributed by atoms with Crippen LogP contribution in [0.4, 0.5) is 0 Å². The van der Waals surface area contributed by atoms with E-state index >= 15 is 0 Å². The Balaban J connectivity index is 1.55. The van der Waals surface area contributed by atoms with Crippen LogP contribution >= 0.6 is 0 Å². The van der Waals surface area contributed by atoms with Gasteiger partial charge in [0.15, 0.2) is 0 Å². The fourth-order valence-electron chi connectivity index (χ4n) is 2.80. The Kier molecular flexibility index (Phi) is 4.74. The topological polar surface area (TPSA) is 59.2 Å². The van der Waals surface area contributed by atoms with Crippen molar-refractivity contribution < 1.29 is 9.21 Å². The number of carbonyl (C=O) groups is 1. The van der Waals surface area contributed by atoms with Crippen molar-refractivity contribution >= 4 is 5.91 Å². The van der Waals surface area contributed by atoms with Crippen LogP contribution in [0, 0.1) is 12.8 Å².